The molecule has 2 N–H and O–H groups in total. The summed E-state index contributed by atoms with van der Waals surface area (Å²) in [6.45, 7) is 3.68. The lowest BCUT2D eigenvalue weighted by Crippen LogP contribution is -2.17. The molecule has 116 valence electrons. The third-order valence-corrected chi connectivity index (χ3v) is 2.30. The predicted molar refractivity (Wildman–Crippen MR) is 68.2 cm³/mol. The largest absolute Gasteiger partial charge is 0.478 e. The number of carbonyl (C=O) groups excluding carboxylic acids is 1. The molecule has 5 nitrogen and oxygen atoms in total. The van der Waals surface area contributed by atoms with Crippen molar-refractivity contribution in [1.82, 2.24) is 0 Å². The van der Waals surface area contributed by atoms with Crippen LogP contribution < -0.4 is 5.32 Å². The van der Waals surface area contributed by atoms with Gasteiger partial charge in [0.15, 0.2) is 0 Å². The number of carbonyl (C=O) groups is 2. The second kappa shape index (κ2) is 6.47. The first kappa shape index (κ1) is 16.8. The van der Waals surface area contributed by atoms with Crippen LogP contribution in [0.25, 0.3) is 0 Å². The van der Waals surface area contributed by atoms with Crippen molar-refractivity contribution in [1.29, 1.82) is 0 Å². The molecule has 0 atom stereocenters. The number of amides is 1. The Morgan fingerprint density at radius 3 is 2.38 bits per heavy atom. The summed E-state index contributed by atoms with van der Waals surface area (Å²) < 4.78 is 42.8. The highest BCUT2D eigenvalue weighted by atomic mass is 19.4. The van der Waals surface area contributed by atoms with Crippen LogP contribution in [0.2, 0.25) is 0 Å². The molecule has 0 spiro atoms. The molecule has 8 heteroatoms. The zero-order valence-corrected chi connectivity index (χ0v) is 11.3. The maximum Gasteiger partial charge on any atom is 0.416 e. The number of ether oxygens (including phenoxy) is 1. The van der Waals surface area contributed by atoms with Crippen molar-refractivity contribution in [3.8, 4) is 0 Å². The van der Waals surface area contributed by atoms with Crippen LogP contribution in [0.15, 0.2) is 18.2 Å². The van der Waals surface area contributed by atoms with Gasteiger partial charge in [-0.25, -0.2) is 9.59 Å². The van der Waals surface area contributed by atoms with Crippen molar-refractivity contribution < 1.29 is 32.6 Å². The highest BCUT2D eigenvalue weighted by molar-refractivity contribution is 5.91. The van der Waals surface area contributed by atoms with Gasteiger partial charge >= 0.3 is 18.2 Å². The number of rotatable bonds is 4. The molecule has 0 heterocycles. The van der Waals surface area contributed by atoms with E-state index in [9.17, 15) is 22.8 Å². The highest BCUT2D eigenvalue weighted by Crippen LogP contribution is 2.32. The molecule has 0 aliphatic carbocycles. The molecule has 1 amide bonds. The van der Waals surface area contributed by atoms with Crippen LogP contribution >= 0.6 is 0 Å². The number of anilines is 1. The predicted octanol–water partition coefficient (Wildman–Crippen LogP) is 3.61. The quantitative estimate of drug-likeness (QED) is 0.891. The summed E-state index contributed by atoms with van der Waals surface area (Å²) in [4.78, 5) is 22.2. The van der Waals surface area contributed by atoms with Crippen LogP contribution in [0, 0.1) is 5.92 Å². The van der Waals surface area contributed by atoms with Crippen molar-refractivity contribution in [2.24, 2.45) is 5.92 Å². The molecule has 0 unspecified atom stereocenters. The Bertz CT molecular complexity index is 541. The number of alkyl halides is 3. The fraction of sp³-hybridized carbons (Fsp3) is 0.385. The monoisotopic (exact) mass is 305 g/mol. The molecular formula is C13H14F3NO4. The van der Waals surface area contributed by atoms with E-state index in [1.54, 1.807) is 13.8 Å². The molecule has 0 bridgehead atoms. The minimum atomic E-state index is -4.72. The van der Waals surface area contributed by atoms with Crippen LogP contribution in [0.3, 0.4) is 0 Å². The number of benzene rings is 1. The van der Waals surface area contributed by atoms with E-state index < -0.39 is 29.4 Å². The van der Waals surface area contributed by atoms with Gasteiger partial charge in [-0.1, -0.05) is 13.8 Å². The van der Waals surface area contributed by atoms with Gasteiger partial charge < -0.3 is 9.84 Å². The first-order valence-corrected chi connectivity index (χ1v) is 5.99. The van der Waals surface area contributed by atoms with Crippen LogP contribution in [0.1, 0.15) is 29.8 Å². The lowest BCUT2D eigenvalue weighted by atomic mass is 10.1. The van der Waals surface area contributed by atoms with Crippen LogP contribution in [-0.2, 0) is 10.9 Å². The average molecular weight is 305 g/mol. The number of halogens is 3. The Kier molecular flexibility index (Phi) is 5.17. The summed E-state index contributed by atoms with van der Waals surface area (Å²) in [5.74, 6) is -1.47. The summed E-state index contributed by atoms with van der Waals surface area (Å²) in [6, 6.07) is 2.06. The van der Waals surface area contributed by atoms with Crippen molar-refractivity contribution in [3.05, 3.63) is 29.3 Å². The molecule has 1 aromatic rings. The van der Waals surface area contributed by atoms with Gasteiger partial charge in [-0.2, -0.15) is 13.2 Å². The van der Waals surface area contributed by atoms with E-state index in [0.29, 0.717) is 12.1 Å². The van der Waals surface area contributed by atoms with E-state index in [0.717, 1.165) is 6.07 Å². The molecule has 0 saturated heterocycles. The molecule has 0 saturated carbocycles. The molecule has 1 aromatic carbocycles. The van der Waals surface area contributed by atoms with Crippen molar-refractivity contribution in [2.75, 3.05) is 11.9 Å². The number of carboxylic acids is 1. The second-order valence-electron chi connectivity index (χ2n) is 4.72. The van der Waals surface area contributed by atoms with E-state index >= 15 is 0 Å². The first-order valence-electron chi connectivity index (χ1n) is 5.99. The van der Waals surface area contributed by atoms with Gasteiger partial charge in [0.05, 0.1) is 17.7 Å². The van der Waals surface area contributed by atoms with Gasteiger partial charge in [-0.05, 0) is 24.1 Å². The Morgan fingerprint density at radius 2 is 1.90 bits per heavy atom. The normalized spacial score (nSPS) is 11.3. The zero-order chi connectivity index (χ0) is 16.2. The highest BCUT2D eigenvalue weighted by Gasteiger charge is 2.32. The van der Waals surface area contributed by atoms with E-state index in [4.69, 9.17) is 9.84 Å². The standard InChI is InChI=1S/C13H14F3NO4/c1-7(2)6-21-12(20)17-10-4-8(11(18)19)3-9(5-10)13(14,15)16/h3-5,7H,6H2,1-2H3,(H,17,20)(H,18,19). The lowest BCUT2D eigenvalue weighted by Gasteiger charge is -2.12. The fourth-order valence-electron chi connectivity index (χ4n) is 1.38. The number of nitrogens with one attached hydrogen (secondary N) is 1. The topological polar surface area (TPSA) is 75.6 Å². The number of hydrogen-bond acceptors (Lipinski definition) is 3. The molecule has 0 aromatic heterocycles. The second-order valence-corrected chi connectivity index (χ2v) is 4.72. The van der Waals surface area contributed by atoms with Crippen molar-refractivity contribution >= 4 is 17.7 Å². The SMILES string of the molecule is CC(C)COC(=O)Nc1cc(C(=O)O)cc(C(F)(F)F)c1. The molecule has 0 aliphatic rings. The van der Waals surface area contributed by atoms with E-state index in [2.05, 4.69) is 5.32 Å². The lowest BCUT2D eigenvalue weighted by molar-refractivity contribution is -0.137. The Morgan fingerprint density at radius 1 is 1.29 bits per heavy atom. The zero-order valence-electron chi connectivity index (χ0n) is 11.3. The van der Waals surface area contributed by atoms with Crippen LogP contribution in [0.5, 0.6) is 0 Å². The van der Waals surface area contributed by atoms with Gasteiger partial charge in [-0.3, -0.25) is 5.32 Å². The summed E-state index contributed by atoms with van der Waals surface area (Å²) >= 11 is 0. The molecule has 0 aliphatic heterocycles. The maximum absolute atomic E-state index is 12.7. The average Bonchev–Trinajstić information content (AvgIpc) is 2.34. The third-order valence-electron chi connectivity index (χ3n) is 2.30. The van der Waals surface area contributed by atoms with E-state index in [-0.39, 0.29) is 18.2 Å². The minimum absolute atomic E-state index is 0.0619. The maximum atomic E-state index is 12.7. The Balaban J connectivity index is 2.98. The summed E-state index contributed by atoms with van der Waals surface area (Å²) in [7, 11) is 0. The molecular weight excluding hydrogens is 291 g/mol. The van der Waals surface area contributed by atoms with Gasteiger partial charge in [-0.15, -0.1) is 0 Å². The van der Waals surface area contributed by atoms with E-state index in [1.165, 1.54) is 0 Å². The molecule has 21 heavy (non-hydrogen) atoms. The fourth-order valence-corrected chi connectivity index (χ4v) is 1.38. The van der Waals surface area contributed by atoms with Crippen molar-refractivity contribution in [3.63, 3.8) is 0 Å². The summed E-state index contributed by atoms with van der Waals surface area (Å²) in [6.07, 6.45) is -5.66. The van der Waals surface area contributed by atoms with Crippen LogP contribution in [0.4, 0.5) is 23.7 Å². The minimum Gasteiger partial charge on any atom is -0.478 e. The van der Waals surface area contributed by atoms with Crippen LogP contribution in [-0.4, -0.2) is 23.8 Å². The smallest absolute Gasteiger partial charge is 0.416 e. The molecule has 0 fully saturated rings. The van der Waals surface area contributed by atoms with Gasteiger partial charge in [0.2, 0.25) is 0 Å². The number of aromatic carboxylic acids is 1. The number of carboxylic acid groups (broad SMARTS) is 1. The number of hydrogen-bond donors (Lipinski definition) is 2. The first-order chi connectivity index (χ1) is 9.59. The molecule has 1 rings (SSSR count). The molecule has 0 radical (unpaired) electrons. The van der Waals surface area contributed by atoms with Crippen molar-refractivity contribution in [2.45, 2.75) is 20.0 Å². The summed E-state index contributed by atoms with van der Waals surface area (Å²) in [5, 5.41) is 10.9. The van der Waals surface area contributed by atoms with E-state index in [1.807, 2.05) is 0 Å². The van der Waals surface area contributed by atoms with Gasteiger partial charge in [0, 0.05) is 5.69 Å². The van der Waals surface area contributed by atoms with Gasteiger partial charge in [0.1, 0.15) is 0 Å². The van der Waals surface area contributed by atoms with Gasteiger partial charge in [0.25, 0.3) is 0 Å². The Hall–Kier alpha value is -2.25. The third kappa shape index (κ3) is 5.33. The summed E-state index contributed by atoms with van der Waals surface area (Å²) in [5.41, 5.74) is -2.04. The Labute approximate surface area is 118 Å².